The van der Waals surface area contributed by atoms with Gasteiger partial charge in [0.1, 0.15) is 11.8 Å². The fourth-order valence-electron chi connectivity index (χ4n) is 5.73. The van der Waals surface area contributed by atoms with Gasteiger partial charge >= 0.3 is 0 Å². The number of nitrogens with one attached hydrogen (secondary N) is 1. The molecule has 1 saturated carbocycles. The minimum absolute atomic E-state index is 0.107. The fourth-order valence-corrected chi connectivity index (χ4v) is 5.73. The van der Waals surface area contributed by atoms with Crippen LogP contribution in [0.5, 0.6) is 5.75 Å². The van der Waals surface area contributed by atoms with Crippen molar-refractivity contribution in [2.24, 2.45) is 0 Å². The SMILES string of the molecule is COc1ccc2[nH]c(=O)c([C@@H](c3nnnn3C3CCCCC3)N3CCc4ccccc4C3)cc2c1. The molecule has 0 amide bonds. The van der Waals surface area contributed by atoms with Gasteiger partial charge in [-0.25, -0.2) is 4.68 Å². The number of methoxy groups -OCH3 is 1. The molecule has 35 heavy (non-hydrogen) atoms. The Kier molecular flexibility index (Phi) is 5.82. The van der Waals surface area contributed by atoms with E-state index in [1.807, 2.05) is 28.9 Å². The third kappa shape index (κ3) is 4.12. The van der Waals surface area contributed by atoms with Gasteiger partial charge in [0.2, 0.25) is 0 Å². The molecule has 1 N–H and O–H groups in total. The van der Waals surface area contributed by atoms with Crippen molar-refractivity contribution in [3.8, 4) is 5.75 Å². The van der Waals surface area contributed by atoms with Crippen LogP contribution in [0, 0.1) is 0 Å². The molecule has 4 aromatic rings. The van der Waals surface area contributed by atoms with Gasteiger partial charge in [-0.1, -0.05) is 43.5 Å². The first kappa shape index (κ1) is 22.0. The topological polar surface area (TPSA) is 88.9 Å². The molecule has 6 rings (SSSR count). The van der Waals surface area contributed by atoms with Crippen LogP contribution < -0.4 is 10.3 Å². The van der Waals surface area contributed by atoms with Crippen LogP contribution in [0.1, 0.15) is 66.7 Å². The maximum absolute atomic E-state index is 13.5. The summed E-state index contributed by atoms with van der Waals surface area (Å²) in [5, 5.41) is 14.0. The highest BCUT2D eigenvalue weighted by Crippen LogP contribution is 2.35. The lowest BCUT2D eigenvalue weighted by atomic mass is 9.94. The standard InChI is InChI=1S/C27H30N6O2/c1-35-22-11-12-24-20(15-22)16-23(27(34)28-24)25(32-14-13-18-7-5-6-8-19(18)17-32)26-29-30-31-33(26)21-9-3-2-4-10-21/h5-8,11-12,15-16,21,25H,2-4,9-10,13-14,17H2,1H3,(H,28,34)/t25-/m0/s1. The number of benzene rings is 2. The van der Waals surface area contributed by atoms with E-state index in [-0.39, 0.29) is 17.6 Å². The van der Waals surface area contributed by atoms with Gasteiger partial charge in [0.05, 0.1) is 13.2 Å². The number of fused-ring (bicyclic) bond motifs is 2. The van der Waals surface area contributed by atoms with E-state index in [2.05, 4.69) is 49.7 Å². The Balaban J connectivity index is 1.49. The van der Waals surface area contributed by atoms with E-state index in [1.165, 1.54) is 30.4 Å². The van der Waals surface area contributed by atoms with Crippen molar-refractivity contribution in [2.75, 3.05) is 13.7 Å². The predicted octanol–water partition coefficient (Wildman–Crippen LogP) is 4.18. The number of aromatic nitrogens is 5. The van der Waals surface area contributed by atoms with Crippen LogP contribution in [0.15, 0.2) is 53.3 Å². The molecule has 2 aromatic carbocycles. The Morgan fingerprint density at radius 2 is 1.89 bits per heavy atom. The molecule has 0 radical (unpaired) electrons. The second-order valence-electron chi connectivity index (χ2n) is 9.67. The second-order valence-corrected chi connectivity index (χ2v) is 9.67. The van der Waals surface area contributed by atoms with Gasteiger partial charge < -0.3 is 9.72 Å². The number of hydrogen-bond acceptors (Lipinski definition) is 6. The van der Waals surface area contributed by atoms with Crippen molar-refractivity contribution in [1.29, 1.82) is 0 Å². The zero-order valence-electron chi connectivity index (χ0n) is 20.0. The first-order chi connectivity index (χ1) is 17.2. The van der Waals surface area contributed by atoms with Crippen molar-refractivity contribution in [1.82, 2.24) is 30.1 Å². The van der Waals surface area contributed by atoms with Gasteiger partial charge in [0, 0.05) is 29.6 Å². The Morgan fingerprint density at radius 3 is 2.71 bits per heavy atom. The van der Waals surface area contributed by atoms with E-state index < -0.39 is 0 Å². The third-order valence-electron chi connectivity index (χ3n) is 7.58. The lowest BCUT2D eigenvalue weighted by Crippen LogP contribution is -2.39. The number of hydrogen-bond donors (Lipinski definition) is 1. The molecule has 1 aliphatic heterocycles. The van der Waals surface area contributed by atoms with Crippen LogP contribution in [0.25, 0.3) is 10.9 Å². The van der Waals surface area contributed by atoms with E-state index >= 15 is 0 Å². The summed E-state index contributed by atoms with van der Waals surface area (Å²) in [7, 11) is 1.65. The molecule has 0 bridgehead atoms. The third-order valence-corrected chi connectivity index (χ3v) is 7.58. The Labute approximate surface area is 203 Å². The number of pyridine rings is 1. The van der Waals surface area contributed by atoms with Crippen molar-refractivity contribution in [3.63, 3.8) is 0 Å². The number of ether oxygens (including phenoxy) is 1. The highest BCUT2D eigenvalue weighted by atomic mass is 16.5. The van der Waals surface area contributed by atoms with Crippen LogP contribution in [0.3, 0.4) is 0 Å². The van der Waals surface area contributed by atoms with Gasteiger partial charge in [-0.2, -0.15) is 0 Å². The summed E-state index contributed by atoms with van der Waals surface area (Å²) >= 11 is 0. The Morgan fingerprint density at radius 1 is 1.06 bits per heavy atom. The Bertz CT molecular complexity index is 1400. The van der Waals surface area contributed by atoms with Crippen LogP contribution in [0.2, 0.25) is 0 Å². The van der Waals surface area contributed by atoms with Crippen LogP contribution in [-0.4, -0.2) is 43.7 Å². The van der Waals surface area contributed by atoms with E-state index in [0.29, 0.717) is 5.56 Å². The summed E-state index contributed by atoms with van der Waals surface area (Å²) in [4.78, 5) is 19.0. The maximum atomic E-state index is 13.5. The van der Waals surface area contributed by atoms with Crippen LogP contribution in [-0.2, 0) is 13.0 Å². The molecule has 2 aromatic heterocycles. The fraction of sp³-hybridized carbons (Fsp3) is 0.407. The first-order valence-electron chi connectivity index (χ1n) is 12.5. The Hall–Kier alpha value is -3.52. The maximum Gasteiger partial charge on any atom is 0.253 e. The summed E-state index contributed by atoms with van der Waals surface area (Å²) in [6.45, 7) is 1.57. The van der Waals surface area contributed by atoms with E-state index in [0.717, 1.165) is 54.8 Å². The van der Waals surface area contributed by atoms with Crippen molar-refractivity contribution in [2.45, 2.75) is 57.2 Å². The predicted molar refractivity (Wildman–Crippen MR) is 133 cm³/mol. The number of aromatic amines is 1. The molecule has 1 fully saturated rings. The molecular weight excluding hydrogens is 440 g/mol. The number of H-pyrrole nitrogens is 1. The van der Waals surface area contributed by atoms with E-state index in [4.69, 9.17) is 4.74 Å². The number of nitrogens with zero attached hydrogens (tertiary/aromatic N) is 5. The summed E-state index contributed by atoms with van der Waals surface area (Å²) < 4.78 is 7.44. The van der Waals surface area contributed by atoms with Gasteiger partial charge in [-0.05, 0) is 65.1 Å². The number of tetrazole rings is 1. The van der Waals surface area contributed by atoms with Crippen LogP contribution >= 0.6 is 0 Å². The molecule has 3 heterocycles. The molecule has 0 saturated heterocycles. The molecule has 1 aliphatic carbocycles. The van der Waals surface area contributed by atoms with E-state index in [1.54, 1.807) is 7.11 Å². The minimum atomic E-state index is -0.348. The largest absolute Gasteiger partial charge is 0.497 e. The molecule has 0 spiro atoms. The highest BCUT2D eigenvalue weighted by molar-refractivity contribution is 5.80. The summed E-state index contributed by atoms with van der Waals surface area (Å²) in [6.07, 6.45) is 6.69. The summed E-state index contributed by atoms with van der Waals surface area (Å²) in [6, 6.07) is 16.2. The molecule has 1 atom stereocenters. The van der Waals surface area contributed by atoms with Crippen molar-refractivity contribution < 1.29 is 4.74 Å². The monoisotopic (exact) mass is 470 g/mol. The smallest absolute Gasteiger partial charge is 0.253 e. The second kappa shape index (κ2) is 9.26. The van der Waals surface area contributed by atoms with Gasteiger partial charge in [-0.3, -0.25) is 9.69 Å². The first-order valence-corrected chi connectivity index (χ1v) is 12.5. The zero-order chi connectivity index (χ0) is 23.8. The highest BCUT2D eigenvalue weighted by Gasteiger charge is 2.34. The molecule has 180 valence electrons. The van der Waals surface area contributed by atoms with E-state index in [9.17, 15) is 4.79 Å². The quantitative estimate of drug-likeness (QED) is 0.471. The molecule has 2 aliphatic rings. The average Bonchev–Trinajstić information content (AvgIpc) is 3.39. The normalized spacial score (nSPS) is 17.9. The lowest BCUT2D eigenvalue weighted by molar-refractivity contribution is 0.187. The molecule has 0 unspecified atom stereocenters. The molecular formula is C27H30N6O2. The average molecular weight is 471 g/mol. The molecule has 8 nitrogen and oxygen atoms in total. The van der Waals surface area contributed by atoms with Gasteiger partial charge in [-0.15, -0.1) is 5.10 Å². The molecule has 8 heteroatoms. The van der Waals surface area contributed by atoms with Crippen molar-refractivity contribution in [3.05, 3.63) is 81.4 Å². The zero-order valence-corrected chi connectivity index (χ0v) is 20.0. The van der Waals surface area contributed by atoms with Crippen molar-refractivity contribution >= 4 is 10.9 Å². The minimum Gasteiger partial charge on any atom is -0.497 e. The number of rotatable bonds is 5. The summed E-state index contributed by atoms with van der Waals surface area (Å²) in [5.41, 5.74) is 4.00. The summed E-state index contributed by atoms with van der Waals surface area (Å²) in [5.74, 6) is 1.51. The van der Waals surface area contributed by atoms with Gasteiger partial charge in [0.15, 0.2) is 5.82 Å². The van der Waals surface area contributed by atoms with Gasteiger partial charge in [0.25, 0.3) is 5.56 Å². The lowest BCUT2D eigenvalue weighted by Gasteiger charge is -2.35. The van der Waals surface area contributed by atoms with Crippen LogP contribution in [0.4, 0.5) is 0 Å².